The van der Waals surface area contributed by atoms with Crippen molar-refractivity contribution in [2.45, 2.75) is 45.6 Å². The first-order chi connectivity index (χ1) is 11.5. The highest BCUT2D eigenvalue weighted by Gasteiger charge is 2.23. The minimum Gasteiger partial charge on any atom is -0.493 e. The largest absolute Gasteiger partial charge is 0.493 e. The third-order valence-corrected chi connectivity index (χ3v) is 4.79. The van der Waals surface area contributed by atoms with E-state index in [2.05, 4.69) is 6.92 Å². The number of benzene rings is 1. The Balaban J connectivity index is 2.01. The minimum atomic E-state index is 0.0586. The maximum Gasteiger partial charge on any atom is 0.246 e. The molecule has 24 heavy (non-hydrogen) atoms. The van der Waals surface area contributed by atoms with Crippen molar-refractivity contribution in [3.05, 3.63) is 29.8 Å². The van der Waals surface area contributed by atoms with Gasteiger partial charge in [0.15, 0.2) is 11.5 Å². The van der Waals surface area contributed by atoms with Gasteiger partial charge in [0.25, 0.3) is 0 Å². The molecule has 1 amide bonds. The molecular formula is C20H29NO3. The Morgan fingerprint density at radius 1 is 1.25 bits per heavy atom. The summed E-state index contributed by atoms with van der Waals surface area (Å²) in [4.78, 5) is 14.3. The van der Waals surface area contributed by atoms with Crippen LogP contribution in [0.15, 0.2) is 24.3 Å². The summed E-state index contributed by atoms with van der Waals surface area (Å²) in [6.07, 6.45) is 8.12. The summed E-state index contributed by atoms with van der Waals surface area (Å²) in [5.41, 5.74) is 0.929. The molecule has 1 fully saturated rings. The maximum atomic E-state index is 12.4. The smallest absolute Gasteiger partial charge is 0.246 e. The molecule has 0 aliphatic heterocycles. The van der Waals surface area contributed by atoms with Crippen LogP contribution in [0.25, 0.3) is 6.08 Å². The molecule has 0 spiro atoms. The lowest BCUT2D eigenvalue weighted by Crippen LogP contribution is -2.38. The van der Waals surface area contributed by atoms with Crippen molar-refractivity contribution < 1.29 is 14.3 Å². The summed E-state index contributed by atoms with van der Waals surface area (Å²) >= 11 is 0. The fraction of sp³-hybridized carbons (Fsp3) is 0.550. The molecule has 1 aromatic rings. The highest BCUT2D eigenvalue weighted by molar-refractivity contribution is 5.91. The number of amides is 1. The normalized spacial score (nSPS) is 20.8. The number of hydrogen-bond acceptors (Lipinski definition) is 3. The topological polar surface area (TPSA) is 38.8 Å². The third-order valence-electron chi connectivity index (χ3n) is 4.79. The maximum absolute atomic E-state index is 12.4. The van der Waals surface area contributed by atoms with E-state index in [0.29, 0.717) is 24.1 Å². The van der Waals surface area contributed by atoms with Gasteiger partial charge in [-0.15, -0.1) is 0 Å². The Bertz CT molecular complexity index is 574. The van der Waals surface area contributed by atoms with Gasteiger partial charge in [0, 0.05) is 19.2 Å². The average Bonchev–Trinajstić information content (AvgIpc) is 2.60. The van der Waals surface area contributed by atoms with Crippen LogP contribution in [-0.2, 0) is 4.79 Å². The molecule has 1 saturated carbocycles. The highest BCUT2D eigenvalue weighted by atomic mass is 16.5. The monoisotopic (exact) mass is 331 g/mol. The Morgan fingerprint density at radius 3 is 2.58 bits per heavy atom. The van der Waals surface area contributed by atoms with Gasteiger partial charge in [-0.1, -0.05) is 13.0 Å². The van der Waals surface area contributed by atoms with Crippen molar-refractivity contribution in [2.75, 3.05) is 20.8 Å². The molecular weight excluding hydrogens is 302 g/mol. The summed E-state index contributed by atoms with van der Waals surface area (Å²) < 4.78 is 10.9. The molecule has 0 heterocycles. The van der Waals surface area contributed by atoms with Crippen LogP contribution in [0, 0.1) is 5.92 Å². The van der Waals surface area contributed by atoms with Crippen LogP contribution in [0.4, 0.5) is 0 Å². The Hall–Kier alpha value is -1.97. The number of ether oxygens (including phenoxy) is 2. The lowest BCUT2D eigenvalue weighted by molar-refractivity contribution is -0.127. The number of methoxy groups -OCH3 is 1. The first-order valence-corrected chi connectivity index (χ1v) is 8.80. The van der Waals surface area contributed by atoms with Crippen molar-refractivity contribution >= 4 is 12.0 Å². The third kappa shape index (κ3) is 4.76. The molecule has 0 aromatic heterocycles. The zero-order valence-corrected chi connectivity index (χ0v) is 15.2. The van der Waals surface area contributed by atoms with E-state index in [1.54, 1.807) is 13.2 Å². The molecule has 2 rings (SSSR count). The van der Waals surface area contributed by atoms with Crippen LogP contribution in [0.5, 0.6) is 11.5 Å². The van der Waals surface area contributed by atoms with Crippen molar-refractivity contribution in [3.63, 3.8) is 0 Å². The van der Waals surface area contributed by atoms with Crippen molar-refractivity contribution in [1.82, 2.24) is 4.90 Å². The lowest BCUT2D eigenvalue weighted by atomic mass is 9.87. The second-order valence-corrected chi connectivity index (χ2v) is 6.54. The van der Waals surface area contributed by atoms with Gasteiger partial charge in [-0.2, -0.15) is 0 Å². The molecule has 1 aromatic carbocycles. The fourth-order valence-electron chi connectivity index (χ4n) is 3.16. The van der Waals surface area contributed by atoms with Gasteiger partial charge in [0.1, 0.15) is 0 Å². The van der Waals surface area contributed by atoms with E-state index in [4.69, 9.17) is 9.47 Å². The predicted molar refractivity (Wildman–Crippen MR) is 97.4 cm³/mol. The zero-order chi connectivity index (χ0) is 17.5. The van der Waals surface area contributed by atoms with Gasteiger partial charge in [0.05, 0.1) is 13.7 Å². The zero-order valence-electron chi connectivity index (χ0n) is 15.2. The molecule has 0 radical (unpaired) electrons. The minimum absolute atomic E-state index is 0.0586. The summed E-state index contributed by atoms with van der Waals surface area (Å²) in [6, 6.07) is 6.05. The quantitative estimate of drug-likeness (QED) is 0.735. The van der Waals surface area contributed by atoms with Crippen LogP contribution in [0.1, 0.15) is 45.1 Å². The molecule has 1 aliphatic carbocycles. The Morgan fingerprint density at radius 2 is 1.96 bits per heavy atom. The van der Waals surface area contributed by atoms with E-state index in [9.17, 15) is 4.79 Å². The van der Waals surface area contributed by atoms with E-state index < -0.39 is 0 Å². The van der Waals surface area contributed by atoms with Crippen molar-refractivity contribution in [3.8, 4) is 11.5 Å². The SMILES string of the molecule is CCOc1cc(/C=C/C(=O)N(C)C2CCC(C)CC2)ccc1OC. The van der Waals surface area contributed by atoms with Crippen molar-refractivity contribution in [1.29, 1.82) is 0 Å². The predicted octanol–water partition coefficient (Wildman–Crippen LogP) is 4.14. The standard InChI is InChI=1S/C20H29NO3/c1-5-24-19-14-16(8-12-18(19)23-4)9-13-20(22)21(3)17-10-6-15(2)7-11-17/h8-9,12-15,17H,5-7,10-11H2,1-4H3/b13-9+. The second-order valence-electron chi connectivity index (χ2n) is 6.54. The van der Waals surface area contributed by atoms with E-state index in [-0.39, 0.29) is 5.91 Å². The number of hydrogen-bond donors (Lipinski definition) is 0. The van der Waals surface area contributed by atoms with Crippen LogP contribution in [0.2, 0.25) is 0 Å². The van der Waals surface area contributed by atoms with Crippen LogP contribution < -0.4 is 9.47 Å². The number of carbonyl (C=O) groups excluding carboxylic acids is 1. The molecule has 1 aliphatic rings. The van der Waals surface area contributed by atoms with Gasteiger partial charge in [-0.25, -0.2) is 0 Å². The van der Waals surface area contributed by atoms with Crippen LogP contribution in [-0.4, -0.2) is 37.6 Å². The summed E-state index contributed by atoms with van der Waals surface area (Å²) in [5.74, 6) is 2.25. The molecule has 4 heteroatoms. The molecule has 0 atom stereocenters. The Labute approximate surface area is 145 Å². The van der Waals surface area contributed by atoms with E-state index in [0.717, 1.165) is 24.3 Å². The first kappa shape index (κ1) is 18.4. The van der Waals surface area contributed by atoms with Gasteiger partial charge in [-0.3, -0.25) is 4.79 Å². The molecule has 0 saturated heterocycles. The summed E-state index contributed by atoms with van der Waals surface area (Å²) in [7, 11) is 3.53. The first-order valence-electron chi connectivity index (χ1n) is 8.80. The van der Waals surface area contributed by atoms with E-state index in [1.807, 2.05) is 43.1 Å². The van der Waals surface area contributed by atoms with Gasteiger partial charge >= 0.3 is 0 Å². The number of rotatable bonds is 6. The molecule has 0 N–H and O–H groups in total. The van der Waals surface area contributed by atoms with Gasteiger partial charge < -0.3 is 14.4 Å². The molecule has 0 bridgehead atoms. The van der Waals surface area contributed by atoms with E-state index in [1.165, 1.54) is 12.8 Å². The number of nitrogens with zero attached hydrogens (tertiary/aromatic N) is 1. The Kier molecular flexibility index (Phi) is 6.71. The van der Waals surface area contributed by atoms with Crippen molar-refractivity contribution in [2.24, 2.45) is 5.92 Å². The van der Waals surface area contributed by atoms with Crippen LogP contribution in [0.3, 0.4) is 0 Å². The average molecular weight is 331 g/mol. The summed E-state index contributed by atoms with van der Waals surface area (Å²) in [5, 5.41) is 0. The summed E-state index contributed by atoms with van der Waals surface area (Å²) in [6.45, 7) is 4.80. The lowest BCUT2D eigenvalue weighted by Gasteiger charge is -2.33. The van der Waals surface area contributed by atoms with Crippen LogP contribution >= 0.6 is 0 Å². The fourth-order valence-corrected chi connectivity index (χ4v) is 3.16. The van der Waals surface area contributed by atoms with Gasteiger partial charge in [0.2, 0.25) is 5.91 Å². The highest BCUT2D eigenvalue weighted by Crippen LogP contribution is 2.29. The number of likely N-dealkylation sites (N-methyl/N-ethyl adjacent to an activating group) is 1. The van der Waals surface area contributed by atoms with Gasteiger partial charge in [-0.05, 0) is 62.3 Å². The molecule has 4 nitrogen and oxygen atoms in total. The number of carbonyl (C=O) groups is 1. The second kappa shape index (κ2) is 8.76. The molecule has 0 unspecified atom stereocenters. The molecule has 132 valence electrons. The van der Waals surface area contributed by atoms with E-state index >= 15 is 0 Å².